The van der Waals surface area contributed by atoms with Crippen molar-refractivity contribution in [2.75, 3.05) is 0 Å². The Labute approximate surface area is 153 Å². The highest BCUT2D eigenvalue weighted by Gasteiger charge is 2.31. The van der Waals surface area contributed by atoms with Crippen molar-refractivity contribution in [3.8, 4) is 0 Å². The molecule has 0 unspecified atom stereocenters. The second-order valence-corrected chi connectivity index (χ2v) is 7.24. The van der Waals surface area contributed by atoms with Gasteiger partial charge in [-0.25, -0.2) is 4.98 Å². The van der Waals surface area contributed by atoms with Crippen LogP contribution >= 0.6 is 11.6 Å². The van der Waals surface area contributed by atoms with Gasteiger partial charge in [0.25, 0.3) is 0 Å². The second-order valence-electron chi connectivity index (χ2n) is 6.80. The highest BCUT2D eigenvalue weighted by Crippen LogP contribution is 2.41. The fourth-order valence-corrected chi connectivity index (χ4v) is 3.36. The van der Waals surface area contributed by atoms with E-state index in [2.05, 4.69) is 51.3 Å². The van der Waals surface area contributed by atoms with Crippen molar-refractivity contribution < 1.29 is 0 Å². The van der Waals surface area contributed by atoms with E-state index in [4.69, 9.17) is 11.6 Å². The quantitative estimate of drug-likeness (QED) is 0.661. The zero-order chi connectivity index (χ0) is 17.1. The van der Waals surface area contributed by atoms with Crippen molar-refractivity contribution in [3.05, 3.63) is 89.0 Å². The molecule has 0 spiro atoms. The molecule has 2 aromatic carbocycles. The van der Waals surface area contributed by atoms with E-state index >= 15 is 0 Å². The molecule has 128 valence electrons. The summed E-state index contributed by atoms with van der Waals surface area (Å²) in [6.07, 6.45) is 8.27. The maximum Gasteiger partial charge on any atom is 0.0949 e. The van der Waals surface area contributed by atoms with Crippen LogP contribution in [-0.4, -0.2) is 9.55 Å². The van der Waals surface area contributed by atoms with E-state index in [1.807, 2.05) is 30.9 Å². The Bertz CT molecular complexity index is 790. The lowest BCUT2D eigenvalue weighted by molar-refractivity contribution is 0.480. The number of nitrogens with zero attached hydrogens (tertiary/aromatic N) is 2. The Kier molecular flexibility index (Phi) is 4.86. The topological polar surface area (TPSA) is 29.9 Å². The standard InChI is InChI=1S/C21H22ClN3/c22-20-9-7-19(8-10-20)21(18-5-6-18)24-13-16-1-3-17(4-2-16)14-25-12-11-23-15-25/h1-4,7-12,15,18,21,24H,5-6,13-14H2/t21-/m1/s1. The van der Waals surface area contributed by atoms with E-state index in [1.165, 1.54) is 29.5 Å². The molecule has 0 aliphatic heterocycles. The summed E-state index contributed by atoms with van der Waals surface area (Å²) in [4.78, 5) is 4.09. The van der Waals surface area contributed by atoms with Gasteiger partial charge in [0.1, 0.15) is 0 Å². The zero-order valence-corrected chi connectivity index (χ0v) is 14.9. The molecular weight excluding hydrogens is 330 g/mol. The summed E-state index contributed by atoms with van der Waals surface area (Å²) in [6.45, 7) is 1.75. The van der Waals surface area contributed by atoms with Crippen LogP contribution in [0, 0.1) is 5.92 Å². The third-order valence-corrected chi connectivity index (χ3v) is 5.05. The maximum atomic E-state index is 6.02. The number of nitrogens with one attached hydrogen (secondary N) is 1. The molecule has 3 aromatic rings. The molecule has 1 aliphatic rings. The Balaban J connectivity index is 1.38. The first-order valence-electron chi connectivity index (χ1n) is 8.80. The molecule has 1 aliphatic carbocycles. The molecule has 25 heavy (non-hydrogen) atoms. The minimum Gasteiger partial charge on any atom is -0.333 e. The maximum absolute atomic E-state index is 6.02. The molecule has 1 heterocycles. The number of benzene rings is 2. The molecular formula is C21H22ClN3. The minimum absolute atomic E-state index is 0.419. The Morgan fingerprint density at radius 2 is 1.76 bits per heavy atom. The lowest BCUT2D eigenvalue weighted by atomic mass is 10.0. The van der Waals surface area contributed by atoms with E-state index in [0.717, 1.165) is 24.0 Å². The third kappa shape index (κ3) is 4.30. The number of aromatic nitrogens is 2. The van der Waals surface area contributed by atoms with Crippen LogP contribution < -0.4 is 5.32 Å². The van der Waals surface area contributed by atoms with E-state index in [-0.39, 0.29) is 0 Å². The molecule has 1 aromatic heterocycles. The van der Waals surface area contributed by atoms with Gasteiger partial charge in [-0.15, -0.1) is 0 Å². The Morgan fingerprint density at radius 1 is 1.04 bits per heavy atom. The monoisotopic (exact) mass is 351 g/mol. The molecule has 3 nitrogen and oxygen atoms in total. The van der Waals surface area contributed by atoms with Gasteiger partial charge in [0.05, 0.1) is 6.33 Å². The number of imidazole rings is 1. The first-order valence-corrected chi connectivity index (χ1v) is 9.18. The molecule has 4 heteroatoms. The molecule has 0 amide bonds. The van der Waals surface area contributed by atoms with Gasteiger partial charge in [-0.2, -0.15) is 0 Å². The van der Waals surface area contributed by atoms with Crippen LogP contribution in [0.15, 0.2) is 67.3 Å². The van der Waals surface area contributed by atoms with Gasteiger partial charge < -0.3 is 9.88 Å². The first kappa shape index (κ1) is 16.4. The summed E-state index contributed by atoms with van der Waals surface area (Å²) in [5.74, 6) is 0.752. The van der Waals surface area contributed by atoms with Gasteiger partial charge in [0, 0.05) is 36.5 Å². The van der Waals surface area contributed by atoms with Crippen LogP contribution in [0.4, 0.5) is 0 Å². The minimum atomic E-state index is 0.419. The summed E-state index contributed by atoms with van der Waals surface area (Å²) in [5, 5.41) is 4.54. The molecule has 0 bridgehead atoms. The lowest BCUT2D eigenvalue weighted by Gasteiger charge is -2.19. The summed E-state index contributed by atoms with van der Waals surface area (Å²) in [7, 11) is 0. The largest absolute Gasteiger partial charge is 0.333 e. The van der Waals surface area contributed by atoms with Crippen LogP contribution in [0.2, 0.25) is 5.02 Å². The van der Waals surface area contributed by atoms with E-state index in [1.54, 1.807) is 0 Å². The number of rotatable bonds is 7. The fraction of sp³-hybridized carbons (Fsp3) is 0.286. The van der Waals surface area contributed by atoms with Gasteiger partial charge >= 0.3 is 0 Å². The summed E-state index contributed by atoms with van der Waals surface area (Å²) in [5.41, 5.74) is 3.94. The van der Waals surface area contributed by atoms with Gasteiger partial charge in [0.2, 0.25) is 0 Å². The van der Waals surface area contributed by atoms with Crippen molar-refractivity contribution in [1.29, 1.82) is 0 Å². The molecule has 1 saturated carbocycles. The van der Waals surface area contributed by atoms with Crippen molar-refractivity contribution in [1.82, 2.24) is 14.9 Å². The molecule has 1 N–H and O–H groups in total. The molecule has 0 saturated heterocycles. The van der Waals surface area contributed by atoms with Crippen LogP contribution in [0.25, 0.3) is 0 Å². The highest BCUT2D eigenvalue weighted by molar-refractivity contribution is 6.30. The number of hydrogen-bond acceptors (Lipinski definition) is 2. The van der Waals surface area contributed by atoms with Crippen molar-refractivity contribution >= 4 is 11.6 Å². The number of halogens is 1. The summed E-state index contributed by atoms with van der Waals surface area (Å²) >= 11 is 6.02. The highest BCUT2D eigenvalue weighted by atomic mass is 35.5. The van der Waals surface area contributed by atoms with E-state index < -0.39 is 0 Å². The van der Waals surface area contributed by atoms with Gasteiger partial charge in [-0.05, 0) is 47.6 Å². The first-order chi connectivity index (χ1) is 12.3. The van der Waals surface area contributed by atoms with E-state index in [9.17, 15) is 0 Å². The van der Waals surface area contributed by atoms with E-state index in [0.29, 0.717) is 6.04 Å². The normalized spacial score (nSPS) is 15.2. The third-order valence-electron chi connectivity index (χ3n) is 4.80. The predicted molar refractivity (Wildman–Crippen MR) is 102 cm³/mol. The predicted octanol–water partition coefficient (Wildman–Crippen LogP) is 4.83. The molecule has 0 radical (unpaired) electrons. The van der Waals surface area contributed by atoms with Crippen molar-refractivity contribution in [2.24, 2.45) is 5.92 Å². The fourth-order valence-electron chi connectivity index (χ4n) is 3.24. The Hall–Kier alpha value is -2.10. The van der Waals surface area contributed by atoms with Gasteiger partial charge in [-0.1, -0.05) is 48.0 Å². The number of hydrogen-bond donors (Lipinski definition) is 1. The molecule has 4 rings (SSSR count). The summed E-state index contributed by atoms with van der Waals surface area (Å²) < 4.78 is 2.08. The average Bonchev–Trinajstić information content (AvgIpc) is 3.34. The van der Waals surface area contributed by atoms with Gasteiger partial charge in [0.15, 0.2) is 0 Å². The molecule has 1 fully saturated rings. The zero-order valence-electron chi connectivity index (χ0n) is 14.1. The van der Waals surface area contributed by atoms with Crippen LogP contribution in [0.5, 0.6) is 0 Å². The van der Waals surface area contributed by atoms with Crippen LogP contribution in [0.1, 0.15) is 35.6 Å². The lowest BCUT2D eigenvalue weighted by Crippen LogP contribution is -2.22. The Morgan fingerprint density at radius 3 is 2.40 bits per heavy atom. The second kappa shape index (κ2) is 7.42. The SMILES string of the molecule is Clc1ccc([C@H](NCc2ccc(Cn3ccnc3)cc2)C2CC2)cc1. The van der Waals surface area contributed by atoms with Crippen molar-refractivity contribution in [2.45, 2.75) is 32.0 Å². The van der Waals surface area contributed by atoms with Crippen LogP contribution in [-0.2, 0) is 13.1 Å². The van der Waals surface area contributed by atoms with Crippen LogP contribution in [0.3, 0.4) is 0 Å². The summed E-state index contributed by atoms with van der Waals surface area (Å²) in [6, 6.07) is 17.5. The average molecular weight is 352 g/mol. The van der Waals surface area contributed by atoms with Crippen molar-refractivity contribution in [3.63, 3.8) is 0 Å². The molecule has 1 atom stereocenters. The van der Waals surface area contributed by atoms with Gasteiger partial charge in [-0.3, -0.25) is 0 Å². The smallest absolute Gasteiger partial charge is 0.0949 e.